The van der Waals surface area contributed by atoms with E-state index in [0.717, 1.165) is 10.8 Å². The van der Waals surface area contributed by atoms with Crippen molar-refractivity contribution in [3.8, 4) is 0 Å². The van der Waals surface area contributed by atoms with Crippen LogP contribution in [0.4, 0.5) is 0 Å². The number of hydrogen-bond acceptors (Lipinski definition) is 4. The van der Waals surface area contributed by atoms with E-state index < -0.39 is 34.5 Å². The van der Waals surface area contributed by atoms with E-state index in [2.05, 4.69) is 4.72 Å². The molecule has 2 N–H and O–H groups in total. The minimum Gasteiger partial charge on any atom is -0.480 e. The summed E-state index contributed by atoms with van der Waals surface area (Å²) >= 11 is 0. The van der Waals surface area contributed by atoms with Crippen molar-refractivity contribution in [2.24, 2.45) is 0 Å². The molecule has 1 heterocycles. The highest BCUT2D eigenvalue weighted by molar-refractivity contribution is 7.89. The number of rotatable bonds is 5. The van der Waals surface area contributed by atoms with Gasteiger partial charge in [0.05, 0.1) is 4.90 Å². The first-order chi connectivity index (χ1) is 12.4. The third kappa shape index (κ3) is 4.03. The third-order valence-electron chi connectivity index (χ3n) is 4.44. The van der Waals surface area contributed by atoms with E-state index in [1.165, 1.54) is 11.0 Å². The number of carbonyl (C=O) groups is 2. The molecule has 1 fully saturated rings. The van der Waals surface area contributed by atoms with Gasteiger partial charge in [0.1, 0.15) is 12.6 Å². The fourth-order valence-electron chi connectivity index (χ4n) is 3.12. The summed E-state index contributed by atoms with van der Waals surface area (Å²) in [5.74, 6) is -1.61. The molecular formula is C18H20N2O5S. The predicted octanol–water partition coefficient (Wildman–Crippen LogP) is 1.58. The van der Waals surface area contributed by atoms with Gasteiger partial charge in [-0.15, -0.1) is 0 Å². The number of likely N-dealkylation sites (tertiary alicyclic amines) is 1. The largest absolute Gasteiger partial charge is 0.480 e. The van der Waals surface area contributed by atoms with Crippen LogP contribution in [0, 0.1) is 0 Å². The second-order valence-electron chi connectivity index (χ2n) is 6.33. The molecule has 1 atom stereocenters. The lowest BCUT2D eigenvalue weighted by Gasteiger charge is -2.23. The van der Waals surface area contributed by atoms with Gasteiger partial charge in [0.15, 0.2) is 0 Å². The van der Waals surface area contributed by atoms with Crippen LogP contribution >= 0.6 is 0 Å². The standard InChI is InChI=1S/C18H20N2O5S/c21-17(22)12-20-10-4-3-7-16(18(20)23)19-26(24,25)15-9-8-13-5-1-2-6-14(13)11-15/h1-2,5-6,8-9,11,16,19H,3-4,7,10,12H2,(H,21,22)/t16-/m0/s1. The normalized spacial score (nSPS) is 18.7. The van der Waals surface area contributed by atoms with Crippen LogP contribution < -0.4 is 4.72 Å². The lowest BCUT2D eigenvalue weighted by molar-refractivity contribution is -0.144. The fraction of sp³-hybridized carbons (Fsp3) is 0.333. The molecule has 0 unspecified atom stereocenters. The number of hydrogen-bond donors (Lipinski definition) is 2. The average Bonchev–Trinajstić information content (AvgIpc) is 2.76. The van der Waals surface area contributed by atoms with Crippen LogP contribution in [0.2, 0.25) is 0 Å². The molecular weight excluding hydrogens is 356 g/mol. The molecule has 0 bridgehead atoms. The zero-order valence-electron chi connectivity index (χ0n) is 14.1. The molecule has 0 radical (unpaired) electrons. The number of fused-ring (bicyclic) bond motifs is 1. The van der Waals surface area contributed by atoms with Gasteiger partial charge >= 0.3 is 5.97 Å². The monoisotopic (exact) mass is 376 g/mol. The molecule has 1 saturated heterocycles. The quantitative estimate of drug-likeness (QED) is 0.825. The number of amides is 1. The summed E-state index contributed by atoms with van der Waals surface area (Å²) in [4.78, 5) is 24.7. The second-order valence-corrected chi connectivity index (χ2v) is 8.05. The number of nitrogens with zero attached hydrogens (tertiary/aromatic N) is 1. The summed E-state index contributed by atoms with van der Waals surface area (Å²) in [7, 11) is -3.90. The summed E-state index contributed by atoms with van der Waals surface area (Å²) in [6.45, 7) is -0.105. The Kier molecular flexibility index (Phi) is 5.24. The Balaban J connectivity index is 1.84. The lowest BCUT2D eigenvalue weighted by Crippen LogP contribution is -2.48. The molecule has 2 aromatic carbocycles. The van der Waals surface area contributed by atoms with E-state index in [0.29, 0.717) is 25.8 Å². The Morgan fingerprint density at radius 1 is 1.15 bits per heavy atom. The van der Waals surface area contributed by atoms with E-state index in [4.69, 9.17) is 5.11 Å². The van der Waals surface area contributed by atoms with Crippen LogP contribution in [0.15, 0.2) is 47.4 Å². The van der Waals surface area contributed by atoms with Crippen LogP contribution in [0.3, 0.4) is 0 Å². The molecule has 1 aliphatic heterocycles. The lowest BCUT2D eigenvalue weighted by atomic mass is 10.1. The Morgan fingerprint density at radius 3 is 2.62 bits per heavy atom. The SMILES string of the molecule is O=C(O)CN1CCCC[C@H](NS(=O)(=O)c2ccc3ccccc3c2)C1=O. The number of carbonyl (C=O) groups excluding carboxylic acids is 1. The van der Waals surface area contributed by atoms with Crippen LogP contribution in [0.25, 0.3) is 10.8 Å². The van der Waals surface area contributed by atoms with Crippen molar-refractivity contribution in [2.45, 2.75) is 30.2 Å². The number of sulfonamides is 1. The van der Waals surface area contributed by atoms with Gasteiger partial charge in [0, 0.05) is 6.54 Å². The molecule has 26 heavy (non-hydrogen) atoms. The smallest absolute Gasteiger partial charge is 0.323 e. The van der Waals surface area contributed by atoms with E-state index >= 15 is 0 Å². The van der Waals surface area contributed by atoms with Gasteiger partial charge in [-0.2, -0.15) is 4.72 Å². The van der Waals surface area contributed by atoms with Crippen LogP contribution in [-0.2, 0) is 19.6 Å². The zero-order chi connectivity index (χ0) is 18.7. The number of aliphatic carboxylic acids is 1. The highest BCUT2D eigenvalue weighted by Crippen LogP contribution is 2.20. The Morgan fingerprint density at radius 2 is 1.88 bits per heavy atom. The summed E-state index contributed by atoms with van der Waals surface area (Å²) in [5, 5.41) is 10.6. The Hall–Kier alpha value is -2.45. The van der Waals surface area contributed by atoms with Crippen molar-refractivity contribution in [3.05, 3.63) is 42.5 Å². The molecule has 7 nitrogen and oxygen atoms in total. The van der Waals surface area contributed by atoms with Gasteiger partial charge in [-0.1, -0.05) is 30.3 Å². The maximum absolute atomic E-state index is 12.7. The first-order valence-electron chi connectivity index (χ1n) is 8.38. The first-order valence-corrected chi connectivity index (χ1v) is 9.87. The molecule has 0 aromatic heterocycles. The van der Waals surface area contributed by atoms with Gasteiger partial charge in [-0.05, 0) is 42.2 Å². The maximum atomic E-state index is 12.7. The van der Waals surface area contributed by atoms with Gasteiger partial charge in [0.2, 0.25) is 15.9 Å². The van der Waals surface area contributed by atoms with Crippen LogP contribution in [0.5, 0.6) is 0 Å². The highest BCUT2D eigenvalue weighted by atomic mass is 32.2. The van der Waals surface area contributed by atoms with Crippen LogP contribution in [-0.4, -0.2) is 49.4 Å². The first kappa shape index (κ1) is 18.3. The van der Waals surface area contributed by atoms with Crippen molar-refractivity contribution in [1.29, 1.82) is 0 Å². The summed E-state index contributed by atoms with van der Waals surface area (Å²) in [6.07, 6.45) is 1.64. The van der Waals surface area contributed by atoms with Crippen molar-refractivity contribution in [3.63, 3.8) is 0 Å². The topological polar surface area (TPSA) is 104 Å². The maximum Gasteiger partial charge on any atom is 0.323 e. The van der Waals surface area contributed by atoms with E-state index in [-0.39, 0.29) is 4.90 Å². The number of carboxylic acid groups (broad SMARTS) is 1. The fourth-order valence-corrected chi connectivity index (χ4v) is 4.38. The summed E-state index contributed by atoms with van der Waals surface area (Å²) < 4.78 is 27.9. The third-order valence-corrected chi connectivity index (χ3v) is 5.90. The van der Waals surface area contributed by atoms with Crippen molar-refractivity contribution in [1.82, 2.24) is 9.62 Å². The number of benzene rings is 2. The molecule has 0 spiro atoms. The number of nitrogens with one attached hydrogen (secondary N) is 1. The second kappa shape index (κ2) is 7.43. The molecule has 138 valence electrons. The zero-order valence-corrected chi connectivity index (χ0v) is 14.9. The van der Waals surface area contributed by atoms with Crippen LogP contribution in [0.1, 0.15) is 19.3 Å². The van der Waals surface area contributed by atoms with Crippen molar-refractivity contribution in [2.75, 3.05) is 13.1 Å². The number of carboxylic acids is 1. The minimum absolute atomic E-state index is 0.0815. The van der Waals surface area contributed by atoms with Crippen molar-refractivity contribution < 1.29 is 23.1 Å². The predicted molar refractivity (Wildman–Crippen MR) is 96.1 cm³/mol. The van der Waals surface area contributed by atoms with E-state index in [1.807, 2.05) is 24.3 Å². The Bertz CT molecular complexity index is 942. The summed E-state index contributed by atoms with van der Waals surface area (Å²) in [5.41, 5.74) is 0. The van der Waals surface area contributed by atoms with Gasteiger partial charge in [0.25, 0.3) is 0 Å². The molecule has 1 amide bonds. The highest BCUT2D eigenvalue weighted by Gasteiger charge is 2.31. The molecule has 0 saturated carbocycles. The van der Waals surface area contributed by atoms with Gasteiger partial charge in [-0.25, -0.2) is 8.42 Å². The summed E-state index contributed by atoms with van der Waals surface area (Å²) in [6, 6.07) is 11.2. The van der Waals surface area contributed by atoms with Gasteiger partial charge in [-0.3, -0.25) is 9.59 Å². The van der Waals surface area contributed by atoms with Crippen molar-refractivity contribution >= 4 is 32.7 Å². The molecule has 2 aromatic rings. The van der Waals surface area contributed by atoms with Gasteiger partial charge < -0.3 is 10.0 Å². The molecule has 3 rings (SSSR count). The molecule has 0 aliphatic carbocycles. The minimum atomic E-state index is -3.90. The molecule has 1 aliphatic rings. The Labute approximate surface area is 151 Å². The molecule has 8 heteroatoms. The van der Waals surface area contributed by atoms with E-state index in [1.54, 1.807) is 12.1 Å². The average molecular weight is 376 g/mol. The van der Waals surface area contributed by atoms with E-state index in [9.17, 15) is 18.0 Å².